The Kier molecular flexibility index (Phi) is 55.8. The molecule has 0 amide bonds. The molecule has 0 atom stereocenters. The molecule has 0 radical (unpaired) electrons. The Morgan fingerprint density at radius 2 is 0.494 bits per heavy atom. The van der Waals surface area contributed by atoms with Crippen LogP contribution in [0.3, 0.4) is 0 Å². The van der Waals surface area contributed by atoms with Crippen LogP contribution in [-0.2, 0) is 39.2 Å². The predicted molar refractivity (Wildman–Crippen MR) is 360 cm³/mol. The zero-order valence-corrected chi connectivity index (χ0v) is 59.3. The van der Waals surface area contributed by atoms with Crippen molar-refractivity contribution in [2.45, 2.75) is 294 Å². The Balaban J connectivity index is 0.00000172. The van der Waals surface area contributed by atoms with E-state index in [0.717, 1.165) is 139 Å². The number of unbranched alkanes of at least 4 members (excludes halogenated alkanes) is 32. The van der Waals surface area contributed by atoms with Crippen molar-refractivity contribution in [3.05, 3.63) is 107 Å². The molecule has 2 aromatic carbocycles. The molecule has 0 unspecified atom stereocenters. The summed E-state index contributed by atoms with van der Waals surface area (Å²) in [5.41, 5.74) is -0.754. The molecule has 0 bridgehead atoms. The summed E-state index contributed by atoms with van der Waals surface area (Å²) >= 11 is 0. The van der Waals surface area contributed by atoms with E-state index in [1.807, 2.05) is 0 Å². The SMILES string of the molecule is CCCCCCC/C=C/CCCCCOC(=O)c1ccc(S(=O)(=O)[O-])cc1C(=O)OCCCCC/C=C/CCCCCCC.CCCCCCC/C=C/CCCCCOC(=O)c1ccc(S(=O)(=O)[O-])cc1C(=O)OCCCCC/C=C/CCCCCCC.[Ca+2]. The summed E-state index contributed by atoms with van der Waals surface area (Å²) in [6.07, 6.45) is 61.8. The van der Waals surface area contributed by atoms with Crippen LogP contribution < -0.4 is 0 Å². The van der Waals surface area contributed by atoms with Gasteiger partial charge in [-0.15, -0.1) is 0 Å². The van der Waals surface area contributed by atoms with Gasteiger partial charge in [0.15, 0.2) is 0 Å². The minimum atomic E-state index is -4.81. The average Bonchev–Trinajstić information content (AvgIpc) is 3.12. The molecule has 2 aromatic rings. The minimum absolute atomic E-state index is 0. The van der Waals surface area contributed by atoms with Crippen LogP contribution >= 0.6 is 0 Å². The zero-order chi connectivity index (χ0) is 64.6. The number of ether oxygens (including phenoxy) is 4. The largest absolute Gasteiger partial charge is 2.00 e. The van der Waals surface area contributed by atoms with Crippen molar-refractivity contribution in [2.24, 2.45) is 0 Å². The molecule has 14 nitrogen and oxygen atoms in total. The fourth-order valence-corrected chi connectivity index (χ4v) is 10.6. The van der Waals surface area contributed by atoms with E-state index < -0.39 is 53.9 Å². The van der Waals surface area contributed by atoms with Crippen LogP contribution in [0.1, 0.15) is 326 Å². The third-order valence-corrected chi connectivity index (χ3v) is 16.7. The summed E-state index contributed by atoms with van der Waals surface area (Å²) < 4.78 is 90.7. The summed E-state index contributed by atoms with van der Waals surface area (Å²) in [5.74, 6) is -3.18. The number of rotatable bonds is 54. The monoisotopic (exact) mass is 1310 g/mol. The van der Waals surface area contributed by atoms with Gasteiger partial charge in [-0.2, -0.15) is 0 Å². The standard InChI is InChI=1S/2C36H58O7S.Ca/c2*1-3-5-7-9-11-13-15-17-19-21-23-25-29-42-35(37)33-28-27-32(44(39,40)41)31-34(33)36(38)43-30-26-24-22-20-18-16-14-12-10-8-6-4-2;/h2*15-18,27-28,31H,3-14,19-26,29-30H2,1-2H3,(H,39,40,41);/q;;+2/p-2/b2*17-15+,18-16+;. The number of carbonyl (C=O) groups excluding carboxylic acids is 4. The van der Waals surface area contributed by atoms with Crippen LogP contribution in [0.15, 0.2) is 94.8 Å². The van der Waals surface area contributed by atoms with Crippen molar-refractivity contribution in [1.29, 1.82) is 0 Å². The second-order valence-electron chi connectivity index (χ2n) is 23.0. The molecular formula is C72H114CaO14S2. The van der Waals surface area contributed by atoms with Gasteiger partial charge in [0.25, 0.3) is 0 Å². The van der Waals surface area contributed by atoms with E-state index in [0.29, 0.717) is 25.7 Å². The second kappa shape index (κ2) is 58.2. The molecule has 500 valence electrons. The Bertz CT molecular complexity index is 2330. The molecule has 0 fully saturated rings. The van der Waals surface area contributed by atoms with Gasteiger partial charge in [-0.25, -0.2) is 36.0 Å². The van der Waals surface area contributed by atoms with Crippen molar-refractivity contribution in [2.75, 3.05) is 26.4 Å². The molecule has 89 heavy (non-hydrogen) atoms. The third kappa shape index (κ3) is 47.0. The van der Waals surface area contributed by atoms with Crippen molar-refractivity contribution in [3.63, 3.8) is 0 Å². The van der Waals surface area contributed by atoms with Gasteiger partial charge in [0.2, 0.25) is 0 Å². The van der Waals surface area contributed by atoms with Crippen LogP contribution in [0.25, 0.3) is 0 Å². The Morgan fingerprint density at radius 3 is 0.697 bits per heavy atom. The molecule has 0 aliphatic heterocycles. The number of carbonyl (C=O) groups is 4. The van der Waals surface area contributed by atoms with E-state index in [2.05, 4.69) is 76.3 Å². The van der Waals surface area contributed by atoms with Gasteiger partial charge >= 0.3 is 61.6 Å². The molecule has 0 spiro atoms. The Hall–Kier alpha value is -3.64. The first-order valence-corrected chi connectivity index (χ1v) is 36.9. The van der Waals surface area contributed by atoms with Gasteiger partial charge in [0.05, 0.1) is 58.5 Å². The first kappa shape index (κ1) is 85.4. The van der Waals surface area contributed by atoms with Crippen LogP contribution in [0, 0.1) is 0 Å². The number of esters is 4. The molecule has 0 heterocycles. The fraction of sp³-hybridized carbons (Fsp3) is 0.667. The quantitative estimate of drug-likeness (QED) is 0.0150. The first-order valence-electron chi connectivity index (χ1n) is 34.1. The molecule has 0 saturated heterocycles. The molecule has 0 saturated carbocycles. The Morgan fingerprint density at radius 1 is 0.303 bits per heavy atom. The van der Waals surface area contributed by atoms with Crippen LogP contribution in [0.4, 0.5) is 0 Å². The molecule has 0 aliphatic rings. The van der Waals surface area contributed by atoms with E-state index in [9.17, 15) is 45.1 Å². The zero-order valence-electron chi connectivity index (χ0n) is 55.4. The van der Waals surface area contributed by atoms with Crippen LogP contribution in [0.2, 0.25) is 0 Å². The van der Waals surface area contributed by atoms with E-state index in [-0.39, 0.29) is 86.4 Å². The van der Waals surface area contributed by atoms with Crippen molar-refractivity contribution in [3.8, 4) is 0 Å². The fourth-order valence-electron chi connectivity index (χ4n) is 9.59. The van der Waals surface area contributed by atoms with Gasteiger partial charge in [-0.05, 0) is 190 Å². The van der Waals surface area contributed by atoms with E-state index in [1.54, 1.807) is 0 Å². The van der Waals surface area contributed by atoms with Gasteiger partial charge in [0.1, 0.15) is 20.2 Å². The summed E-state index contributed by atoms with van der Waals surface area (Å²) in [6.45, 7) is 9.51. The molecule has 0 N–H and O–H groups in total. The van der Waals surface area contributed by atoms with Gasteiger partial charge < -0.3 is 28.1 Å². The molecule has 2 rings (SSSR count). The Labute approximate surface area is 569 Å². The summed E-state index contributed by atoms with van der Waals surface area (Å²) in [4.78, 5) is 49.9. The van der Waals surface area contributed by atoms with Gasteiger partial charge in [-0.3, -0.25) is 0 Å². The summed E-state index contributed by atoms with van der Waals surface area (Å²) in [6, 6.07) is 6.14. The predicted octanol–water partition coefficient (Wildman–Crippen LogP) is 19.3. The van der Waals surface area contributed by atoms with E-state index in [1.165, 1.54) is 128 Å². The van der Waals surface area contributed by atoms with Crippen LogP contribution in [-0.4, -0.2) is 114 Å². The average molecular weight is 1310 g/mol. The molecule has 17 heteroatoms. The normalized spacial score (nSPS) is 11.8. The van der Waals surface area contributed by atoms with E-state index in [4.69, 9.17) is 18.9 Å². The third-order valence-electron chi connectivity index (χ3n) is 15.0. The topological polar surface area (TPSA) is 220 Å². The summed E-state index contributed by atoms with van der Waals surface area (Å²) in [5, 5.41) is 0. The first-order chi connectivity index (χ1) is 42.6. The minimum Gasteiger partial charge on any atom is -0.744 e. The maximum absolute atomic E-state index is 12.8. The number of benzene rings is 2. The maximum Gasteiger partial charge on any atom is 2.00 e. The molecule has 0 aliphatic carbocycles. The van der Waals surface area contributed by atoms with Crippen molar-refractivity contribution in [1.82, 2.24) is 0 Å². The van der Waals surface area contributed by atoms with Gasteiger partial charge in [-0.1, -0.05) is 179 Å². The second-order valence-corrected chi connectivity index (χ2v) is 25.7. The van der Waals surface area contributed by atoms with Crippen molar-refractivity contribution >= 4 is 81.9 Å². The van der Waals surface area contributed by atoms with Crippen LogP contribution in [0.5, 0.6) is 0 Å². The molecular weight excluding hydrogens is 1190 g/mol. The van der Waals surface area contributed by atoms with Gasteiger partial charge in [0, 0.05) is 0 Å². The smallest absolute Gasteiger partial charge is 0.744 e. The number of hydrogen-bond donors (Lipinski definition) is 0. The van der Waals surface area contributed by atoms with Crippen molar-refractivity contribution < 1.29 is 64.1 Å². The summed E-state index contributed by atoms with van der Waals surface area (Å²) in [7, 11) is -9.63. The van der Waals surface area contributed by atoms with E-state index >= 15 is 0 Å². The number of allylic oxidation sites excluding steroid dienone is 8. The number of hydrogen-bond acceptors (Lipinski definition) is 14. The molecule has 0 aromatic heterocycles. The maximum atomic E-state index is 12.8.